The van der Waals surface area contributed by atoms with Gasteiger partial charge in [-0.25, -0.2) is 13.8 Å². The van der Waals surface area contributed by atoms with Crippen LogP contribution in [0.2, 0.25) is 0 Å². The number of carbonyl (C=O) groups excluding carboxylic acids is 1. The molecule has 0 bridgehead atoms. The van der Waals surface area contributed by atoms with Crippen molar-refractivity contribution in [3.63, 3.8) is 0 Å². The van der Waals surface area contributed by atoms with E-state index in [-0.39, 0.29) is 6.54 Å². The van der Waals surface area contributed by atoms with E-state index in [4.69, 9.17) is 0 Å². The third-order valence-corrected chi connectivity index (χ3v) is 7.06. The van der Waals surface area contributed by atoms with Gasteiger partial charge < -0.3 is 4.57 Å². The quantitative estimate of drug-likeness (QED) is 0.405. The van der Waals surface area contributed by atoms with Crippen molar-refractivity contribution >= 4 is 27.8 Å². The van der Waals surface area contributed by atoms with Gasteiger partial charge in [-0.3, -0.25) is 9.10 Å². The lowest BCUT2D eigenvalue weighted by atomic mass is 10.1. The first-order valence-corrected chi connectivity index (χ1v) is 12.9. The molecule has 0 atom stereocenters. The highest BCUT2D eigenvalue weighted by Gasteiger charge is 2.22. The Morgan fingerprint density at radius 2 is 1.65 bits per heavy atom. The predicted molar refractivity (Wildman–Crippen MR) is 139 cm³/mol. The summed E-state index contributed by atoms with van der Waals surface area (Å²) in [5.41, 5.74) is 11.1. The standard InChI is InChI=1S/C26H32N4O3S/c1-17-8-9-19(3)25(12-17)29(34(7,32)33)16-26(31)28-27-15-23-14-21(5)30(22(23)6)24-11-10-18(2)20(4)13-24/h8-15H,16H2,1-7H3,(H,28,31)/b27-15-. The first-order valence-electron chi connectivity index (χ1n) is 11.0. The monoisotopic (exact) mass is 480 g/mol. The number of nitrogens with one attached hydrogen (secondary N) is 1. The van der Waals surface area contributed by atoms with Crippen molar-refractivity contribution in [3.05, 3.63) is 81.7 Å². The van der Waals surface area contributed by atoms with E-state index in [1.165, 1.54) is 11.1 Å². The Morgan fingerprint density at radius 1 is 0.971 bits per heavy atom. The zero-order valence-corrected chi connectivity index (χ0v) is 21.6. The number of benzene rings is 2. The molecule has 0 unspecified atom stereocenters. The molecule has 0 saturated carbocycles. The predicted octanol–water partition coefficient (Wildman–Crippen LogP) is 4.24. The number of rotatable bonds is 7. The second kappa shape index (κ2) is 9.85. The third kappa shape index (κ3) is 5.56. The van der Waals surface area contributed by atoms with Crippen molar-refractivity contribution in [3.8, 4) is 5.69 Å². The van der Waals surface area contributed by atoms with Crippen LogP contribution in [0.25, 0.3) is 5.69 Å². The van der Waals surface area contributed by atoms with Crippen LogP contribution >= 0.6 is 0 Å². The van der Waals surface area contributed by atoms with Crippen molar-refractivity contribution in [2.45, 2.75) is 41.5 Å². The van der Waals surface area contributed by atoms with Gasteiger partial charge in [0.2, 0.25) is 10.0 Å². The molecule has 0 saturated heterocycles. The molecule has 0 spiro atoms. The maximum Gasteiger partial charge on any atom is 0.260 e. The van der Waals surface area contributed by atoms with E-state index in [0.717, 1.165) is 44.3 Å². The molecule has 0 fully saturated rings. The van der Waals surface area contributed by atoms with Crippen LogP contribution in [0.4, 0.5) is 5.69 Å². The van der Waals surface area contributed by atoms with E-state index in [1.807, 2.05) is 45.9 Å². The van der Waals surface area contributed by atoms with Crippen LogP contribution in [0.1, 0.15) is 39.2 Å². The molecule has 3 rings (SSSR count). The van der Waals surface area contributed by atoms with E-state index in [2.05, 4.69) is 47.1 Å². The fourth-order valence-electron chi connectivity index (χ4n) is 3.89. The van der Waals surface area contributed by atoms with Gasteiger partial charge in [-0.1, -0.05) is 18.2 Å². The maximum atomic E-state index is 12.6. The largest absolute Gasteiger partial charge is 0.318 e. The topological polar surface area (TPSA) is 83.8 Å². The van der Waals surface area contributed by atoms with Crippen molar-refractivity contribution < 1.29 is 13.2 Å². The van der Waals surface area contributed by atoms with Crippen molar-refractivity contribution in [1.29, 1.82) is 0 Å². The second-order valence-electron chi connectivity index (χ2n) is 8.78. The van der Waals surface area contributed by atoms with Gasteiger partial charge in [0, 0.05) is 22.6 Å². The Kier molecular flexibility index (Phi) is 7.31. The lowest BCUT2D eigenvalue weighted by Gasteiger charge is -2.23. The molecular weight excluding hydrogens is 448 g/mol. The normalized spacial score (nSPS) is 11.7. The summed E-state index contributed by atoms with van der Waals surface area (Å²) in [5.74, 6) is -0.523. The number of nitrogens with zero attached hydrogens (tertiary/aromatic N) is 3. The summed E-state index contributed by atoms with van der Waals surface area (Å²) in [6.07, 6.45) is 2.67. The minimum absolute atomic E-state index is 0.359. The van der Waals surface area contributed by atoms with Gasteiger partial charge in [0.1, 0.15) is 6.54 Å². The fourth-order valence-corrected chi connectivity index (χ4v) is 4.79. The molecule has 180 valence electrons. The van der Waals surface area contributed by atoms with Gasteiger partial charge >= 0.3 is 0 Å². The van der Waals surface area contributed by atoms with Gasteiger partial charge in [-0.15, -0.1) is 0 Å². The van der Waals surface area contributed by atoms with Gasteiger partial charge in [-0.2, -0.15) is 5.10 Å². The average Bonchev–Trinajstić information content (AvgIpc) is 3.02. The van der Waals surface area contributed by atoms with E-state index in [0.29, 0.717) is 5.69 Å². The highest BCUT2D eigenvalue weighted by Crippen LogP contribution is 2.24. The molecule has 1 aromatic heterocycles. The van der Waals surface area contributed by atoms with E-state index < -0.39 is 15.9 Å². The minimum Gasteiger partial charge on any atom is -0.318 e. The zero-order chi connectivity index (χ0) is 25.2. The molecule has 7 nitrogen and oxygen atoms in total. The van der Waals surface area contributed by atoms with Crippen molar-refractivity contribution in [2.24, 2.45) is 5.10 Å². The summed E-state index contributed by atoms with van der Waals surface area (Å²) < 4.78 is 28.0. The summed E-state index contributed by atoms with van der Waals surface area (Å²) in [4.78, 5) is 12.6. The van der Waals surface area contributed by atoms with Crippen LogP contribution in [0.15, 0.2) is 47.6 Å². The van der Waals surface area contributed by atoms with Crippen LogP contribution in [-0.4, -0.2) is 37.9 Å². The first kappa shape index (κ1) is 25.2. The highest BCUT2D eigenvalue weighted by molar-refractivity contribution is 7.92. The van der Waals surface area contributed by atoms with Gasteiger partial charge in [0.05, 0.1) is 18.2 Å². The lowest BCUT2D eigenvalue weighted by Crippen LogP contribution is -2.39. The van der Waals surface area contributed by atoms with Crippen molar-refractivity contribution in [1.82, 2.24) is 9.99 Å². The van der Waals surface area contributed by atoms with Gasteiger partial charge in [0.25, 0.3) is 5.91 Å². The molecule has 0 aliphatic heterocycles. The minimum atomic E-state index is -3.66. The number of aromatic nitrogens is 1. The van der Waals surface area contributed by atoms with Gasteiger partial charge in [0.15, 0.2) is 0 Å². The van der Waals surface area contributed by atoms with E-state index in [1.54, 1.807) is 12.3 Å². The average molecular weight is 481 g/mol. The van der Waals surface area contributed by atoms with Crippen LogP contribution < -0.4 is 9.73 Å². The number of hydrogen-bond acceptors (Lipinski definition) is 4. The molecule has 1 N–H and O–H groups in total. The Labute approximate surface area is 202 Å². The summed E-state index contributed by atoms with van der Waals surface area (Å²) in [7, 11) is -3.66. The molecule has 1 heterocycles. The number of amides is 1. The SMILES string of the molecule is Cc1ccc(C)c(N(CC(=O)N/N=C\c2cc(C)n(-c3ccc(C)c(C)c3)c2C)S(C)(=O)=O)c1. The fraction of sp³-hybridized carbons (Fsp3) is 0.308. The summed E-state index contributed by atoms with van der Waals surface area (Å²) in [6.45, 7) is 11.5. The number of aryl methyl sites for hydroxylation is 5. The van der Waals surface area contributed by atoms with Crippen LogP contribution in [-0.2, 0) is 14.8 Å². The number of hydrogen-bond donors (Lipinski definition) is 1. The Balaban J connectivity index is 1.78. The first-order chi connectivity index (χ1) is 15.9. The molecule has 2 aromatic carbocycles. The Hall–Kier alpha value is -3.39. The zero-order valence-electron chi connectivity index (χ0n) is 20.8. The number of hydrazone groups is 1. The molecule has 0 aliphatic carbocycles. The third-order valence-electron chi connectivity index (χ3n) is 5.93. The molecule has 1 amide bonds. The molecular formula is C26H32N4O3S. The van der Waals surface area contributed by atoms with Crippen LogP contribution in [0.3, 0.4) is 0 Å². The summed E-state index contributed by atoms with van der Waals surface area (Å²) >= 11 is 0. The molecule has 3 aromatic rings. The number of anilines is 1. The number of sulfonamides is 1. The van der Waals surface area contributed by atoms with E-state index >= 15 is 0 Å². The van der Waals surface area contributed by atoms with E-state index in [9.17, 15) is 13.2 Å². The van der Waals surface area contributed by atoms with Crippen molar-refractivity contribution in [2.75, 3.05) is 17.1 Å². The molecule has 8 heteroatoms. The summed E-state index contributed by atoms with van der Waals surface area (Å²) in [5, 5.41) is 4.09. The van der Waals surface area contributed by atoms with Crippen LogP contribution in [0, 0.1) is 41.5 Å². The lowest BCUT2D eigenvalue weighted by molar-refractivity contribution is -0.119. The maximum absolute atomic E-state index is 12.6. The van der Waals surface area contributed by atoms with Crippen LogP contribution in [0.5, 0.6) is 0 Å². The molecule has 34 heavy (non-hydrogen) atoms. The van der Waals surface area contributed by atoms with Gasteiger partial charge in [-0.05, 0) is 88.1 Å². The molecule has 0 aliphatic rings. The second-order valence-corrected chi connectivity index (χ2v) is 10.7. The Morgan fingerprint density at radius 3 is 2.29 bits per heavy atom. The smallest absolute Gasteiger partial charge is 0.260 e. The molecule has 0 radical (unpaired) electrons. The summed E-state index contributed by atoms with van der Waals surface area (Å²) in [6, 6.07) is 13.8. The Bertz CT molecular complexity index is 1370. The number of carbonyl (C=O) groups is 1. The highest BCUT2D eigenvalue weighted by atomic mass is 32.2.